The van der Waals surface area contributed by atoms with Crippen LogP contribution in [0.1, 0.15) is 44.7 Å². The lowest BCUT2D eigenvalue weighted by Gasteiger charge is -2.33. The van der Waals surface area contributed by atoms with Gasteiger partial charge >= 0.3 is 0 Å². The Morgan fingerprint density at radius 3 is 2.20 bits per heavy atom. The van der Waals surface area contributed by atoms with Crippen molar-refractivity contribution >= 4 is 55.1 Å². The number of hydrogen-bond donors (Lipinski definition) is 1. The van der Waals surface area contributed by atoms with Gasteiger partial charge in [0.05, 0.1) is 10.6 Å². The maximum atomic E-state index is 14.1. The van der Waals surface area contributed by atoms with E-state index in [-0.39, 0.29) is 23.4 Å². The molecule has 0 aliphatic rings. The van der Waals surface area contributed by atoms with Crippen molar-refractivity contribution in [1.82, 2.24) is 10.2 Å². The number of nitrogens with one attached hydrogen (secondary N) is 1. The molecule has 10 heteroatoms. The van der Waals surface area contributed by atoms with E-state index in [4.69, 9.17) is 11.6 Å². The van der Waals surface area contributed by atoms with Crippen molar-refractivity contribution in [2.75, 3.05) is 10.8 Å². The molecule has 3 aromatic rings. The minimum Gasteiger partial charge on any atom is -0.352 e. The second-order valence-corrected chi connectivity index (χ2v) is 12.9. The summed E-state index contributed by atoms with van der Waals surface area (Å²) >= 11 is 9.48. The molecule has 214 valence electrons. The third-order valence-electron chi connectivity index (χ3n) is 6.64. The summed E-state index contributed by atoms with van der Waals surface area (Å²) in [6, 6.07) is 19.4. The zero-order chi connectivity index (χ0) is 29.4. The highest BCUT2D eigenvalue weighted by atomic mass is 79.9. The molecule has 0 saturated carbocycles. The van der Waals surface area contributed by atoms with E-state index >= 15 is 0 Å². The maximum absolute atomic E-state index is 14.1. The van der Waals surface area contributed by atoms with E-state index in [0.717, 1.165) is 21.9 Å². The van der Waals surface area contributed by atoms with E-state index < -0.39 is 28.5 Å². The van der Waals surface area contributed by atoms with Crippen LogP contribution in [0.5, 0.6) is 0 Å². The molecule has 0 aliphatic carbocycles. The van der Waals surface area contributed by atoms with Gasteiger partial charge in [0.1, 0.15) is 12.6 Å². The largest absolute Gasteiger partial charge is 0.352 e. The Labute approximate surface area is 250 Å². The molecule has 3 rings (SSSR count). The molecule has 0 bridgehead atoms. The van der Waals surface area contributed by atoms with Crippen LogP contribution in [0.15, 0.2) is 82.2 Å². The molecule has 0 heterocycles. The van der Waals surface area contributed by atoms with Gasteiger partial charge in [0.15, 0.2) is 0 Å². The fraction of sp³-hybridized carbons (Fsp3) is 0.333. The fourth-order valence-corrected chi connectivity index (χ4v) is 6.06. The first-order chi connectivity index (χ1) is 19.0. The second-order valence-electron chi connectivity index (χ2n) is 9.69. The van der Waals surface area contributed by atoms with Crippen molar-refractivity contribution in [3.05, 3.63) is 93.4 Å². The van der Waals surface area contributed by atoms with E-state index in [1.54, 1.807) is 60.7 Å². The zero-order valence-corrected chi connectivity index (χ0v) is 26.3. The van der Waals surface area contributed by atoms with Crippen molar-refractivity contribution in [2.45, 2.75) is 64.1 Å². The monoisotopic (exact) mass is 647 g/mol. The summed E-state index contributed by atoms with van der Waals surface area (Å²) in [4.78, 5) is 28.9. The van der Waals surface area contributed by atoms with E-state index in [9.17, 15) is 18.0 Å². The Hall–Kier alpha value is -2.88. The molecule has 0 radical (unpaired) electrons. The summed E-state index contributed by atoms with van der Waals surface area (Å²) < 4.78 is 29.6. The molecule has 0 unspecified atom stereocenters. The molecule has 40 heavy (non-hydrogen) atoms. The van der Waals surface area contributed by atoms with Gasteiger partial charge in [-0.25, -0.2) is 8.42 Å². The summed E-state index contributed by atoms with van der Waals surface area (Å²) in [5, 5.41) is 3.52. The van der Waals surface area contributed by atoms with Gasteiger partial charge in [-0.05, 0) is 74.7 Å². The SMILES string of the molecule is CC[C@@H](C)NC(=O)[C@@H](CC)N(Cc1ccc(Cl)cc1)C(=O)CN(c1cccc(Br)c1)S(=O)(=O)c1ccc(C)cc1. The van der Waals surface area contributed by atoms with Crippen molar-refractivity contribution in [3.8, 4) is 0 Å². The van der Waals surface area contributed by atoms with Gasteiger partial charge in [-0.15, -0.1) is 0 Å². The van der Waals surface area contributed by atoms with Crippen LogP contribution >= 0.6 is 27.5 Å². The standard InChI is InChI=1S/C30H35BrClN3O4S/c1-5-22(4)33-30(37)28(6-2)34(19-23-12-14-25(32)15-13-23)29(36)20-35(26-9-7-8-24(31)18-26)40(38,39)27-16-10-21(3)11-17-27/h7-18,22,28H,5-6,19-20H2,1-4H3,(H,33,37)/t22-,28-/m1/s1. The number of hydrogen-bond acceptors (Lipinski definition) is 4. The van der Waals surface area contributed by atoms with Crippen LogP contribution in [0, 0.1) is 6.92 Å². The third-order valence-corrected chi connectivity index (χ3v) is 9.17. The summed E-state index contributed by atoms with van der Waals surface area (Å²) in [6.45, 7) is 7.19. The van der Waals surface area contributed by atoms with Crippen molar-refractivity contribution < 1.29 is 18.0 Å². The lowest BCUT2D eigenvalue weighted by molar-refractivity contribution is -0.140. The molecule has 2 amide bonds. The number of aryl methyl sites for hydroxylation is 1. The van der Waals surface area contributed by atoms with Crippen LogP contribution in [-0.4, -0.2) is 43.8 Å². The number of anilines is 1. The van der Waals surface area contributed by atoms with Crippen LogP contribution in [0.2, 0.25) is 5.02 Å². The number of rotatable bonds is 12. The summed E-state index contributed by atoms with van der Waals surface area (Å²) in [6.07, 6.45) is 1.09. The third kappa shape index (κ3) is 8.08. The Morgan fingerprint density at radius 1 is 0.975 bits per heavy atom. The minimum atomic E-state index is -4.12. The zero-order valence-electron chi connectivity index (χ0n) is 23.1. The summed E-state index contributed by atoms with van der Waals surface area (Å²) in [5.74, 6) is -0.786. The number of nitrogens with zero attached hydrogens (tertiary/aromatic N) is 2. The van der Waals surface area contributed by atoms with Crippen molar-refractivity contribution in [3.63, 3.8) is 0 Å². The lowest BCUT2D eigenvalue weighted by atomic mass is 10.1. The first-order valence-electron chi connectivity index (χ1n) is 13.2. The normalized spacial score (nSPS) is 12.8. The predicted octanol–water partition coefficient (Wildman–Crippen LogP) is 6.33. The number of amides is 2. The highest BCUT2D eigenvalue weighted by Gasteiger charge is 2.34. The molecule has 1 N–H and O–H groups in total. The maximum Gasteiger partial charge on any atom is 0.264 e. The first kappa shape index (κ1) is 31.6. The summed E-state index contributed by atoms with van der Waals surface area (Å²) in [5.41, 5.74) is 2.01. The van der Waals surface area contributed by atoms with Crippen LogP contribution in [0.25, 0.3) is 0 Å². The number of carbonyl (C=O) groups excluding carboxylic acids is 2. The number of sulfonamides is 1. The minimum absolute atomic E-state index is 0.0664. The number of benzene rings is 3. The van der Waals surface area contributed by atoms with Gasteiger partial charge in [0.25, 0.3) is 10.0 Å². The second kappa shape index (κ2) is 14.1. The van der Waals surface area contributed by atoms with Gasteiger partial charge < -0.3 is 10.2 Å². The Kier molecular flexibility index (Phi) is 11.2. The predicted molar refractivity (Wildman–Crippen MR) is 164 cm³/mol. The molecular formula is C30H35BrClN3O4S. The van der Waals surface area contributed by atoms with Crippen molar-refractivity contribution in [1.29, 1.82) is 0 Å². The van der Waals surface area contributed by atoms with Crippen molar-refractivity contribution in [2.24, 2.45) is 0 Å². The summed E-state index contributed by atoms with van der Waals surface area (Å²) in [7, 11) is -4.12. The topological polar surface area (TPSA) is 86.8 Å². The van der Waals surface area contributed by atoms with Gasteiger partial charge in [0.2, 0.25) is 11.8 Å². The molecule has 0 saturated heterocycles. The van der Waals surface area contributed by atoms with Crippen LogP contribution in [0.4, 0.5) is 5.69 Å². The van der Waals surface area contributed by atoms with Gasteiger partial charge in [-0.3, -0.25) is 13.9 Å². The molecular weight excluding hydrogens is 614 g/mol. The van der Waals surface area contributed by atoms with E-state index in [2.05, 4.69) is 21.2 Å². The van der Waals surface area contributed by atoms with Crippen LogP contribution in [-0.2, 0) is 26.2 Å². The first-order valence-corrected chi connectivity index (χ1v) is 15.8. The highest BCUT2D eigenvalue weighted by molar-refractivity contribution is 9.10. The number of carbonyl (C=O) groups is 2. The Balaban J connectivity index is 2.05. The average molecular weight is 649 g/mol. The number of halogens is 2. The molecule has 0 aromatic heterocycles. The van der Waals surface area contributed by atoms with Crippen LogP contribution in [0.3, 0.4) is 0 Å². The molecule has 2 atom stereocenters. The smallest absolute Gasteiger partial charge is 0.264 e. The molecule has 0 aliphatic heterocycles. The van der Waals surface area contributed by atoms with Gasteiger partial charge in [0, 0.05) is 22.1 Å². The van der Waals surface area contributed by atoms with Gasteiger partial charge in [-0.2, -0.15) is 0 Å². The van der Waals surface area contributed by atoms with E-state index in [1.165, 1.54) is 17.0 Å². The van der Waals surface area contributed by atoms with E-state index in [0.29, 0.717) is 21.6 Å². The molecule has 7 nitrogen and oxygen atoms in total. The quantitative estimate of drug-likeness (QED) is 0.249. The van der Waals surface area contributed by atoms with Gasteiger partial charge in [-0.1, -0.05) is 77.3 Å². The lowest BCUT2D eigenvalue weighted by Crippen LogP contribution is -2.53. The molecule has 0 fully saturated rings. The molecule has 0 spiro atoms. The van der Waals surface area contributed by atoms with E-state index in [1.807, 2.05) is 27.7 Å². The Morgan fingerprint density at radius 2 is 1.62 bits per heavy atom. The van der Waals surface area contributed by atoms with Crippen LogP contribution < -0.4 is 9.62 Å². The highest BCUT2D eigenvalue weighted by Crippen LogP contribution is 2.27. The average Bonchev–Trinajstić information content (AvgIpc) is 2.92. The molecule has 3 aromatic carbocycles. The fourth-order valence-electron chi connectivity index (χ4n) is 4.14. The Bertz CT molecular complexity index is 1420.